The van der Waals surface area contributed by atoms with E-state index in [2.05, 4.69) is 15.6 Å². The van der Waals surface area contributed by atoms with Gasteiger partial charge < -0.3 is 10.6 Å². The molecule has 0 spiro atoms. The molecule has 0 bridgehead atoms. The lowest BCUT2D eigenvalue weighted by Gasteiger charge is -2.07. The van der Waals surface area contributed by atoms with Crippen LogP contribution < -0.4 is 10.6 Å². The molecule has 0 atom stereocenters. The Balaban J connectivity index is 2.07. The first kappa shape index (κ1) is 15.4. The average molecular weight is 299 g/mol. The Morgan fingerprint density at radius 2 is 2.05 bits per heavy atom. The maximum absolute atomic E-state index is 13.7. The van der Waals surface area contributed by atoms with Gasteiger partial charge in [-0.1, -0.05) is 6.07 Å². The van der Waals surface area contributed by atoms with E-state index in [-0.39, 0.29) is 11.6 Å². The van der Waals surface area contributed by atoms with Gasteiger partial charge in [0.25, 0.3) is 0 Å². The summed E-state index contributed by atoms with van der Waals surface area (Å²) in [4.78, 5) is 26.7. The zero-order valence-corrected chi connectivity index (χ0v) is 11.8. The van der Waals surface area contributed by atoms with Crippen LogP contribution in [0.2, 0.25) is 0 Å². The number of amides is 2. The summed E-state index contributed by atoms with van der Waals surface area (Å²) in [5.41, 5.74) is 1.15. The van der Waals surface area contributed by atoms with Gasteiger partial charge in [-0.3, -0.25) is 14.6 Å². The van der Waals surface area contributed by atoms with Crippen LogP contribution in [0.3, 0.4) is 0 Å². The summed E-state index contributed by atoms with van der Waals surface area (Å²) in [6.07, 6.45) is 6.07. The number of hydrogen-bond acceptors (Lipinski definition) is 3. The molecule has 1 aromatic heterocycles. The molecule has 0 aliphatic rings. The third-order valence-electron chi connectivity index (χ3n) is 2.66. The van der Waals surface area contributed by atoms with Crippen LogP contribution in [-0.2, 0) is 9.59 Å². The van der Waals surface area contributed by atoms with Crippen LogP contribution in [0.4, 0.5) is 15.8 Å². The molecule has 2 N–H and O–H groups in total. The van der Waals surface area contributed by atoms with Crippen LogP contribution in [0.25, 0.3) is 6.08 Å². The van der Waals surface area contributed by atoms with E-state index < -0.39 is 11.7 Å². The van der Waals surface area contributed by atoms with Gasteiger partial charge in [0.15, 0.2) is 0 Å². The van der Waals surface area contributed by atoms with Gasteiger partial charge in [-0.15, -0.1) is 0 Å². The van der Waals surface area contributed by atoms with Crippen molar-refractivity contribution in [2.45, 2.75) is 6.92 Å². The van der Waals surface area contributed by atoms with Crippen molar-refractivity contribution in [3.05, 3.63) is 60.2 Å². The van der Waals surface area contributed by atoms with E-state index >= 15 is 0 Å². The van der Waals surface area contributed by atoms with Crippen molar-refractivity contribution >= 4 is 29.3 Å². The molecule has 6 heteroatoms. The van der Waals surface area contributed by atoms with Crippen LogP contribution >= 0.6 is 0 Å². The third kappa shape index (κ3) is 4.52. The van der Waals surface area contributed by atoms with Crippen LogP contribution in [-0.4, -0.2) is 16.8 Å². The Morgan fingerprint density at radius 3 is 2.73 bits per heavy atom. The molecule has 2 rings (SSSR count). The number of carbonyl (C=O) groups excluding carboxylic acids is 2. The van der Waals surface area contributed by atoms with Gasteiger partial charge in [-0.2, -0.15) is 0 Å². The number of nitrogens with one attached hydrogen (secondary N) is 2. The van der Waals surface area contributed by atoms with Gasteiger partial charge in [0, 0.05) is 31.1 Å². The minimum absolute atomic E-state index is 0.00733. The monoisotopic (exact) mass is 299 g/mol. The first-order valence-corrected chi connectivity index (χ1v) is 6.51. The highest BCUT2D eigenvalue weighted by molar-refractivity contribution is 6.02. The predicted molar refractivity (Wildman–Crippen MR) is 82.6 cm³/mol. The number of aromatic nitrogens is 1. The Hall–Kier alpha value is -3.02. The minimum atomic E-state index is -0.586. The summed E-state index contributed by atoms with van der Waals surface area (Å²) in [5.74, 6) is -1.35. The Labute approximate surface area is 126 Å². The smallest absolute Gasteiger partial charge is 0.248 e. The van der Waals surface area contributed by atoms with Gasteiger partial charge in [-0.05, 0) is 35.9 Å². The van der Waals surface area contributed by atoms with Gasteiger partial charge in [0.05, 0.1) is 5.69 Å². The second kappa shape index (κ2) is 7.12. The minimum Gasteiger partial charge on any atom is -0.326 e. The molecule has 0 aliphatic heterocycles. The van der Waals surface area contributed by atoms with Crippen LogP contribution in [0.1, 0.15) is 12.5 Å². The molecule has 1 aromatic carbocycles. The molecule has 22 heavy (non-hydrogen) atoms. The third-order valence-corrected chi connectivity index (χ3v) is 2.66. The number of rotatable bonds is 4. The van der Waals surface area contributed by atoms with Gasteiger partial charge in [0.1, 0.15) is 5.82 Å². The Bertz CT molecular complexity index is 715. The van der Waals surface area contributed by atoms with E-state index in [9.17, 15) is 14.0 Å². The lowest BCUT2D eigenvalue weighted by atomic mass is 10.2. The number of pyridine rings is 1. The lowest BCUT2D eigenvalue weighted by molar-refractivity contribution is -0.114. The number of halogens is 1. The van der Waals surface area contributed by atoms with Crippen molar-refractivity contribution in [2.75, 3.05) is 10.6 Å². The SMILES string of the molecule is CC(=O)Nc1ccc(F)c(NC(=O)/C=C/c2cccnc2)c1. The second-order valence-electron chi connectivity index (χ2n) is 4.48. The maximum Gasteiger partial charge on any atom is 0.248 e. The molecule has 0 saturated heterocycles. The molecule has 0 fully saturated rings. The lowest BCUT2D eigenvalue weighted by Crippen LogP contribution is -2.11. The highest BCUT2D eigenvalue weighted by Gasteiger charge is 2.07. The normalized spacial score (nSPS) is 10.5. The van der Waals surface area contributed by atoms with E-state index in [1.54, 1.807) is 30.6 Å². The summed E-state index contributed by atoms with van der Waals surface area (Å²) in [5, 5.41) is 4.94. The summed E-state index contributed by atoms with van der Waals surface area (Å²) in [6.45, 7) is 1.35. The van der Waals surface area contributed by atoms with Crippen molar-refractivity contribution in [3.8, 4) is 0 Å². The summed E-state index contributed by atoms with van der Waals surface area (Å²) >= 11 is 0. The van der Waals surface area contributed by atoms with E-state index in [1.165, 1.54) is 31.2 Å². The zero-order chi connectivity index (χ0) is 15.9. The largest absolute Gasteiger partial charge is 0.326 e. The number of hydrogen-bond donors (Lipinski definition) is 2. The average Bonchev–Trinajstić information content (AvgIpc) is 2.49. The first-order chi connectivity index (χ1) is 10.5. The molecular formula is C16H14FN3O2. The molecule has 5 nitrogen and oxygen atoms in total. The molecule has 1 heterocycles. The van der Waals surface area contributed by atoms with E-state index in [4.69, 9.17) is 0 Å². The van der Waals surface area contributed by atoms with Crippen molar-refractivity contribution in [3.63, 3.8) is 0 Å². The molecule has 2 aromatic rings. The van der Waals surface area contributed by atoms with Crippen LogP contribution in [0.5, 0.6) is 0 Å². The van der Waals surface area contributed by atoms with Crippen LogP contribution in [0.15, 0.2) is 48.8 Å². The number of carbonyl (C=O) groups is 2. The van der Waals surface area contributed by atoms with Gasteiger partial charge in [0.2, 0.25) is 11.8 Å². The summed E-state index contributed by atoms with van der Waals surface area (Å²) in [6, 6.07) is 7.47. The molecule has 0 aliphatic carbocycles. The van der Waals surface area contributed by atoms with Gasteiger partial charge >= 0.3 is 0 Å². The quantitative estimate of drug-likeness (QED) is 0.853. The summed E-state index contributed by atoms with van der Waals surface area (Å²) in [7, 11) is 0. The highest BCUT2D eigenvalue weighted by atomic mass is 19.1. The molecule has 112 valence electrons. The Kier molecular flexibility index (Phi) is 4.98. The highest BCUT2D eigenvalue weighted by Crippen LogP contribution is 2.19. The van der Waals surface area contributed by atoms with Crippen molar-refractivity contribution in [1.82, 2.24) is 4.98 Å². The topological polar surface area (TPSA) is 71.1 Å². The number of benzene rings is 1. The standard InChI is InChI=1S/C16H14FN3O2/c1-11(21)19-13-5-6-14(17)15(9-13)20-16(22)7-4-12-3-2-8-18-10-12/h2-10H,1H3,(H,19,21)(H,20,22)/b7-4+. The van der Waals surface area contributed by atoms with Gasteiger partial charge in [-0.25, -0.2) is 4.39 Å². The fraction of sp³-hybridized carbons (Fsp3) is 0.0625. The number of anilines is 2. The first-order valence-electron chi connectivity index (χ1n) is 6.51. The fourth-order valence-corrected chi connectivity index (χ4v) is 1.72. The fourth-order valence-electron chi connectivity index (χ4n) is 1.72. The molecular weight excluding hydrogens is 285 g/mol. The molecule has 0 saturated carbocycles. The van der Waals surface area contributed by atoms with E-state index in [0.717, 1.165) is 5.56 Å². The Morgan fingerprint density at radius 1 is 1.23 bits per heavy atom. The zero-order valence-electron chi connectivity index (χ0n) is 11.8. The van der Waals surface area contributed by atoms with E-state index in [0.29, 0.717) is 5.69 Å². The van der Waals surface area contributed by atoms with Crippen molar-refractivity contribution in [1.29, 1.82) is 0 Å². The van der Waals surface area contributed by atoms with Crippen molar-refractivity contribution in [2.24, 2.45) is 0 Å². The maximum atomic E-state index is 13.7. The summed E-state index contributed by atoms with van der Waals surface area (Å²) < 4.78 is 13.7. The van der Waals surface area contributed by atoms with Crippen LogP contribution in [0, 0.1) is 5.82 Å². The predicted octanol–water partition coefficient (Wildman–Crippen LogP) is 2.83. The van der Waals surface area contributed by atoms with E-state index in [1.807, 2.05) is 0 Å². The molecule has 2 amide bonds. The molecule has 0 radical (unpaired) electrons. The van der Waals surface area contributed by atoms with Crippen molar-refractivity contribution < 1.29 is 14.0 Å². The number of nitrogens with zero attached hydrogens (tertiary/aromatic N) is 1. The molecule has 0 unspecified atom stereocenters. The second-order valence-corrected chi connectivity index (χ2v) is 4.48.